The van der Waals surface area contributed by atoms with E-state index in [-0.39, 0.29) is 30.8 Å². The van der Waals surface area contributed by atoms with Crippen LogP contribution in [0.2, 0.25) is 0 Å². The summed E-state index contributed by atoms with van der Waals surface area (Å²) in [6.45, 7) is 0.303. The molecule has 2 aromatic rings. The molecular weight excluding hydrogens is 344 g/mol. The fraction of sp³-hybridized carbons (Fsp3) is 0.278. The van der Waals surface area contributed by atoms with Gasteiger partial charge in [-0.25, -0.2) is 0 Å². The molecule has 1 unspecified atom stereocenters. The average molecular weight is 367 g/mol. The molecule has 0 fully saturated rings. The van der Waals surface area contributed by atoms with E-state index in [1.54, 1.807) is 37.4 Å². The summed E-state index contributed by atoms with van der Waals surface area (Å²) >= 11 is 0. The van der Waals surface area contributed by atoms with Crippen LogP contribution in [-0.4, -0.2) is 32.8 Å². The van der Waals surface area contributed by atoms with Crippen LogP contribution in [0.4, 0.5) is 5.69 Å². The van der Waals surface area contributed by atoms with Crippen LogP contribution in [0.5, 0.6) is 17.2 Å². The minimum Gasteiger partial charge on any atom is -0.497 e. The number of carbonyl (C=O) groups excluding carboxylic acids is 1. The Bertz CT molecular complexity index is 660. The van der Waals surface area contributed by atoms with Gasteiger partial charge in [-0.3, -0.25) is 4.79 Å². The van der Waals surface area contributed by atoms with Gasteiger partial charge in [0.1, 0.15) is 17.2 Å². The predicted octanol–water partition coefficient (Wildman–Crippen LogP) is 3.21. The van der Waals surface area contributed by atoms with Crippen LogP contribution in [0.1, 0.15) is 6.42 Å². The third-order valence-electron chi connectivity index (χ3n) is 3.42. The fourth-order valence-electron chi connectivity index (χ4n) is 2.09. The van der Waals surface area contributed by atoms with E-state index in [0.29, 0.717) is 23.7 Å². The van der Waals surface area contributed by atoms with Crippen LogP contribution >= 0.6 is 12.4 Å². The number of anilines is 1. The number of amides is 1. The Morgan fingerprint density at radius 1 is 1.08 bits per heavy atom. The second-order valence-electron chi connectivity index (χ2n) is 5.15. The fourth-order valence-corrected chi connectivity index (χ4v) is 2.09. The summed E-state index contributed by atoms with van der Waals surface area (Å²) in [4.78, 5) is 11.9. The Morgan fingerprint density at radius 2 is 1.76 bits per heavy atom. The maximum atomic E-state index is 11.9. The molecule has 0 saturated carbocycles. The molecule has 0 aliphatic rings. The molecule has 0 saturated heterocycles. The summed E-state index contributed by atoms with van der Waals surface area (Å²) in [6, 6.07) is 14.5. The van der Waals surface area contributed by atoms with Crippen molar-refractivity contribution in [3.63, 3.8) is 0 Å². The molecule has 0 radical (unpaired) electrons. The van der Waals surface area contributed by atoms with E-state index in [4.69, 9.17) is 19.9 Å². The first-order valence-electron chi connectivity index (χ1n) is 7.59. The lowest BCUT2D eigenvalue weighted by molar-refractivity contribution is -0.118. The van der Waals surface area contributed by atoms with Crippen molar-refractivity contribution >= 4 is 24.0 Å². The zero-order chi connectivity index (χ0) is 17.4. The van der Waals surface area contributed by atoms with Crippen LogP contribution in [0.25, 0.3) is 0 Å². The van der Waals surface area contributed by atoms with E-state index in [2.05, 4.69) is 5.32 Å². The van der Waals surface area contributed by atoms with Crippen molar-refractivity contribution in [1.82, 2.24) is 0 Å². The summed E-state index contributed by atoms with van der Waals surface area (Å²) in [6.07, 6.45) is -0.0598. The number of ether oxygens (including phenoxy) is 3. The lowest BCUT2D eigenvalue weighted by Gasteiger charge is -2.13. The maximum absolute atomic E-state index is 11.9. The highest BCUT2D eigenvalue weighted by Gasteiger charge is 2.11. The van der Waals surface area contributed by atoms with E-state index in [1.165, 1.54) is 7.11 Å². The summed E-state index contributed by atoms with van der Waals surface area (Å²) < 4.78 is 16.0. The third-order valence-corrected chi connectivity index (χ3v) is 3.42. The zero-order valence-electron chi connectivity index (χ0n) is 14.2. The van der Waals surface area contributed by atoms with Gasteiger partial charge in [0.2, 0.25) is 5.91 Å². The first kappa shape index (κ1) is 20.8. The molecule has 136 valence electrons. The van der Waals surface area contributed by atoms with Gasteiger partial charge in [0, 0.05) is 25.4 Å². The molecule has 3 N–H and O–H groups in total. The van der Waals surface area contributed by atoms with Gasteiger partial charge >= 0.3 is 0 Å². The van der Waals surface area contributed by atoms with Gasteiger partial charge in [0.05, 0.1) is 19.6 Å². The smallest absolute Gasteiger partial charge is 0.227 e. The molecule has 2 rings (SSSR count). The lowest BCUT2D eigenvalue weighted by atomic mass is 10.2. The Kier molecular flexibility index (Phi) is 8.77. The number of hydrogen-bond donors (Lipinski definition) is 2. The first-order chi connectivity index (χ1) is 11.6. The molecule has 0 aliphatic carbocycles. The van der Waals surface area contributed by atoms with Gasteiger partial charge in [0.15, 0.2) is 0 Å². The van der Waals surface area contributed by atoms with E-state index in [9.17, 15) is 4.79 Å². The first-order valence-corrected chi connectivity index (χ1v) is 7.59. The predicted molar refractivity (Wildman–Crippen MR) is 99.9 cm³/mol. The second kappa shape index (κ2) is 10.6. The minimum atomic E-state index is -0.277. The summed E-state index contributed by atoms with van der Waals surface area (Å²) in [5, 5.41) is 2.80. The largest absolute Gasteiger partial charge is 0.497 e. The van der Waals surface area contributed by atoms with Crippen molar-refractivity contribution in [3.05, 3.63) is 48.5 Å². The highest BCUT2D eigenvalue weighted by atomic mass is 35.5. The van der Waals surface area contributed by atoms with Crippen molar-refractivity contribution in [2.75, 3.05) is 26.1 Å². The Morgan fingerprint density at radius 3 is 2.36 bits per heavy atom. The van der Waals surface area contributed by atoms with Crippen molar-refractivity contribution in [2.24, 2.45) is 5.73 Å². The van der Waals surface area contributed by atoms with Crippen molar-refractivity contribution in [1.29, 1.82) is 0 Å². The lowest BCUT2D eigenvalue weighted by Crippen LogP contribution is -2.28. The number of halogens is 1. The van der Waals surface area contributed by atoms with Crippen LogP contribution < -0.4 is 20.5 Å². The van der Waals surface area contributed by atoms with E-state index < -0.39 is 0 Å². The number of methoxy groups -OCH3 is 2. The molecule has 7 heteroatoms. The van der Waals surface area contributed by atoms with Crippen LogP contribution in [0, 0.1) is 0 Å². The van der Waals surface area contributed by atoms with Crippen LogP contribution in [-0.2, 0) is 9.53 Å². The SMILES string of the molecule is COc1cccc(Oc2ccc(NC(=O)CC(CN)OC)cc2)c1.Cl. The number of nitrogens with one attached hydrogen (secondary N) is 1. The number of nitrogens with two attached hydrogens (primary N) is 1. The van der Waals surface area contributed by atoms with Gasteiger partial charge < -0.3 is 25.3 Å². The standard InChI is InChI=1S/C18H22N2O4.ClH/c1-22-15-4-3-5-16(10-15)24-14-8-6-13(7-9-14)20-18(21)11-17(12-19)23-2;/h3-10,17H,11-12,19H2,1-2H3,(H,20,21);1H. The molecule has 2 aromatic carbocycles. The summed E-state index contributed by atoms with van der Waals surface area (Å²) in [5.41, 5.74) is 6.19. The monoisotopic (exact) mass is 366 g/mol. The van der Waals surface area contributed by atoms with Gasteiger partial charge in [-0.2, -0.15) is 0 Å². The Labute approximate surface area is 153 Å². The highest BCUT2D eigenvalue weighted by Crippen LogP contribution is 2.26. The molecule has 6 nitrogen and oxygen atoms in total. The normalized spacial score (nSPS) is 11.2. The third kappa shape index (κ3) is 6.62. The molecule has 0 spiro atoms. The zero-order valence-corrected chi connectivity index (χ0v) is 15.0. The molecule has 0 aromatic heterocycles. The molecule has 0 heterocycles. The molecule has 25 heavy (non-hydrogen) atoms. The molecule has 0 bridgehead atoms. The maximum Gasteiger partial charge on any atom is 0.227 e. The average Bonchev–Trinajstić information content (AvgIpc) is 2.61. The summed E-state index contributed by atoms with van der Waals surface area (Å²) in [7, 11) is 3.14. The number of rotatable bonds is 8. The minimum absolute atomic E-state index is 0. The topological polar surface area (TPSA) is 82.8 Å². The number of benzene rings is 2. The molecular formula is C18H23ClN2O4. The summed E-state index contributed by atoms with van der Waals surface area (Å²) in [5.74, 6) is 1.92. The van der Waals surface area contributed by atoms with E-state index in [1.807, 2.05) is 18.2 Å². The molecule has 1 amide bonds. The second-order valence-corrected chi connectivity index (χ2v) is 5.15. The highest BCUT2D eigenvalue weighted by molar-refractivity contribution is 5.91. The van der Waals surface area contributed by atoms with Crippen molar-refractivity contribution in [3.8, 4) is 17.2 Å². The van der Waals surface area contributed by atoms with Crippen LogP contribution in [0.3, 0.4) is 0 Å². The number of carbonyl (C=O) groups is 1. The van der Waals surface area contributed by atoms with Crippen molar-refractivity contribution in [2.45, 2.75) is 12.5 Å². The van der Waals surface area contributed by atoms with Gasteiger partial charge in [0.25, 0.3) is 0 Å². The van der Waals surface area contributed by atoms with E-state index in [0.717, 1.165) is 5.75 Å². The molecule has 0 aliphatic heterocycles. The van der Waals surface area contributed by atoms with E-state index >= 15 is 0 Å². The number of hydrogen-bond acceptors (Lipinski definition) is 5. The molecule has 1 atom stereocenters. The van der Waals surface area contributed by atoms with Gasteiger partial charge in [-0.1, -0.05) is 6.07 Å². The Hall–Kier alpha value is -2.28. The van der Waals surface area contributed by atoms with Crippen LogP contribution in [0.15, 0.2) is 48.5 Å². The Balaban J connectivity index is 0.00000312. The quantitative estimate of drug-likeness (QED) is 0.749. The van der Waals surface area contributed by atoms with Gasteiger partial charge in [-0.05, 0) is 36.4 Å². The van der Waals surface area contributed by atoms with Crippen molar-refractivity contribution < 1.29 is 19.0 Å². The van der Waals surface area contributed by atoms with Gasteiger partial charge in [-0.15, -0.1) is 12.4 Å².